The van der Waals surface area contributed by atoms with Gasteiger partial charge in [0.15, 0.2) is 5.82 Å². The fourth-order valence-electron chi connectivity index (χ4n) is 2.94. The molecule has 2 aromatic rings. The summed E-state index contributed by atoms with van der Waals surface area (Å²) in [5, 5.41) is 21.3. The quantitative estimate of drug-likeness (QED) is 0.645. The number of nitrogens with one attached hydrogen (secondary N) is 2. The van der Waals surface area contributed by atoms with Crippen molar-refractivity contribution in [2.75, 3.05) is 18.4 Å². The minimum absolute atomic E-state index is 0.0107. The number of nitro groups is 1. The highest BCUT2D eigenvalue weighted by Gasteiger charge is 2.22. The highest BCUT2D eigenvalue weighted by Crippen LogP contribution is 2.24. The van der Waals surface area contributed by atoms with Gasteiger partial charge in [0, 0.05) is 30.2 Å². The van der Waals surface area contributed by atoms with Crippen LogP contribution >= 0.6 is 0 Å². The van der Waals surface area contributed by atoms with Gasteiger partial charge in [-0.15, -0.1) is 0 Å². The van der Waals surface area contributed by atoms with Crippen LogP contribution in [-0.2, 0) is 7.05 Å². The van der Waals surface area contributed by atoms with Gasteiger partial charge in [-0.05, 0) is 45.0 Å². The van der Waals surface area contributed by atoms with Crippen LogP contribution in [0.25, 0.3) is 0 Å². The van der Waals surface area contributed by atoms with Crippen molar-refractivity contribution in [1.82, 2.24) is 20.1 Å². The van der Waals surface area contributed by atoms with E-state index < -0.39 is 4.92 Å². The maximum atomic E-state index is 12.4. The van der Waals surface area contributed by atoms with Gasteiger partial charge in [0.1, 0.15) is 0 Å². The zero-order chi connectivity index (χ0) is 18.0. The van der Waals surface area contributed by atoms with E-state index in [1.165, 1.54) is 18.2 Å². The van der Waals surface area contributed by atoms with Crippen molar-refractivity contribution >= 4 is 17.5 Å². The fourth-order valence-corrected chi connectivity index (χ4v) is 2.94. The molecular weight excluding hydrogens is 324 g/mol. The number of amides is 1. The molecule has 2 heterocycles. The molecule has 132 valence electrons. The predicted octanol–water partition coefficient (Wildman–Crippen LogP) is 1.75. The second-order valence-electron chi connectivity index (χ2n) is 6.15. The number of hydrogen-bond donors (Lipinski definition) is 2. The summed E-state index contributed by atoms with van der Waals surface area (Å²) in [5.41, 5.74) is 0.768. The number of benzene rings is 1. The zero-order valence-corrected chi connectivity index (χ0v) is 14.2. The monoisotopic (exact) mass is 344 g/mol. The van der Waals surface area contributed by atoms with Gasteiger partial charge in [-0.25, -0.2) is 4.68 Å². The van der Waals surface area contributed by atoms with Crippen LogP contribution in [0.3, 0.4) is 0 Å². The molecule has 25 heavy (non-hydrogen) atoms. The van der Waals surface area contributed by atoms with Crippen LogP contribution in [0.5, 0.6) is 0 Å². The average molecular weight is 344 g/mol. The molecule has 9 nitrogen and oxygen atoms in total. The molecule has 1 aliphatic rings. The third-order valence-electron chi connectivity index (χ3n) is 4.36. The van der Waals surface area contributed by atoms with E-state index in [2.05, 4.69) is 20.7 Å². The average Bonchev–Trinajstić information content (AvgIpc) is 2.96. The lowest BCUT2D eigenvalue weighted by molar-refractivity contribution is -0.385. The van der Waals surface area contributed by atoms with Gasteiger partial charge >= 0.3 is 0 Å². The molecule has 1 aromatic heterocycles. The first-order valence-electron chi connectivity index (χ1n) is 8.13. The van der Waals surface area contributed by atoms with E-state index in [1.807, 2.05) is 0 Å². The smallest absolute Gasteiger partial charge is 0.272 e. The van der Waals surface area contributed by atoms with Gasteiger partial charge < -0.3 is 5.32 Å². The Hall–Kier alpha value is -2.81. The molecule has 1 amide bonds. The Balaban J connectivity index is 1.75. The number of anilines is 1. The van der Waals surface area contributed by atoms with Gasteiger partial charge in [-0.3, -0.25) is 20.2 Å². The molecule has 1 aliphatic heterocycles. The molecule has 0 saturated carbocycles. The maximum absolute atomic E-state index is 12.4. The molecule has 0 aliphatic carbocycles. The van der Waals surface area contributed by atoms with Crippen LogP contribution in [0.2, 0.25) is 0 Å². The lowest BCUT2D eigenvalue weighted by Crippen LogP contribution is -2.27. The summed E-state index contributed by atoms with van der Waals surface area (Å²) >= 11 is 0. The van der Waals surface area contributed by atoms with Crippen molar-refractivity contribution in [3.05, 3.63) is 45.3 Å². The largest absolute Gasteiger partial charge is 0.317 e. The molecule has 9 heteroatoms. The standard InChI is InChI=1S/C16H20N6O3/c1-10-9-12(3-4-13(10)22(24)25)15(23)19-16-18-14(20-21(16)2)11-5-7-17-8-6-11/h3-4,9,11,17H,5-8H2,1-2H3,(H,18,19,20,23). The Labute approximate surface area is 144 Å². The number of carbonyl (C=O) groups excluding carboxylic acids is 1. The van der Waals surface area contributed by atoms with E-state index in [-0.39, 0.29) is 11.6 Å². The second-order valence-corrected chi connectivity index (χ2v) is 6.15. The summed E-state index contributed by atoms with van der Waals surface area (Å²) in [5.74, 6) is 1.03. The normalized spacial score (nSPS) is 15.1. The molecular formula is C16H20N6O3. The number of nitro benzene ring substituents is 1. The number of rotatable bonds is 4. The van der Waals surface area contributed by atoms with E-state index in [0.29, 0.717) is 23.0 Å². The third-order valence-corrected chi connectivity index (χ3v) is 4.36. The summed E-state index contributed by atoms with van der Waals surface area (Å²) in [6.07, 6.45) is 1.94. The molecule has 1 saturated heterocycles. The summed E-state index contributed by atoms with van der Waals surface area (Å²) in [4.78, 5) is 27.3. The van der Waals surface area contributed by atoms with Crippen molar-refractivity contribution in [1.29, 1.82) is 0 Å². The summed E-state index contributed by atoms with van der Waals surface area (Å²) < 4.78 is 1.55. The van der Waals surface area contributed by atoms with Gasteiger partial charge in [0.2, 0.25) is 5.95 Å². The Morgan fingerprint density at radius 1 is 1.40 bits per heavy atom. The molecule has 0 bridgehead atoms. The highest BCUT2D eigenvalue weighted by atomic mass is 16.6. The summed E-state index contributed by atoms with van der Waals surface area (Å²) in [6.45, 7) is 3.48. The number of carbonyl (C=O) groups is 1. The Kier molecular flexibility index (Phi) is 4.75. The molecule has 0 radical (unpaired) electrons. The highest BCUT2D eigenvalue weighted by molar-refractivity contribution is 6.03. The first kappa shape index (κ1) is 17.0. The van der Waals surface area contributed by atoms with Crippen LogP contribution in [0.4, 0.5) is 11.6 Å². The van der Waals surface area contributed by atoms with Crippen molar-refractivity contribution < 1.29 is 9.72 Å². The van der Waals surface area contributed by atoms with E-state index in [0.717, 1.165) is 31.8 Å². The molecule has 2 N–H and O–H groups in total. The topological polar surface area (TPSA) is 115 Å². The van der Waals surface area contributed by atoms with Crippen LogP contribution < -0.4 is 10.6 Å². The van der Waals surface area contributed by atoms with Gasteiger partial charge in [0.05, 0.1) is 4.92 Å². The summed E-state index contributed by atoms with van der Waals surface area (Å²) in [7, 11) is 1.73. The Morgan fingerprint density at radius 2 is 2.12 bits per heavy atom. The van der Waals surface area contributed by atoms with Crippen LogP contribution in [0.15, 0.2) is 18.2 Å². The van der Waals surface area contributed by atoms with Crippen molar-refractivity contribution in [3.63, 3.8) is 0 Å². The number of aromatic nitrogens is 3. The van der Waals surface area contributed by atoms with Crippen LogP contribution in [0, 0.1) is 17.0 Å². The lowest BCUT2D eigenvalue weighted by Gasteiger charge is -2.19. The van der Waals surface area contributed by atoms with Crippen LogP contribution in [0.1, 0.15) is 40.5 Å². The van der Waals surface area contributed by atoms with Gasteiger partial charge in [-0.1, -0.05) is 0 Å². The molecule has 0 unspecified atom stereocenters. The number of piperidine rings is 1. The van der Waals surface area contributed by atoms with E-state index >= 15 is 0 Å². The minimum Gasteiger partial charge on any atom is -0.317 e. The van der Waals surface area contributed by atoms with E-state index in [9.17, 15) is 14.9 Å². The Morgan fingerprint density at radius 3 is 2.76 bits per heavy atom. The van der Waals surface area contributed by atoms with Crippen molar-refractivity contribution in [2.45, 2.75) is 25.7 Å². The molecule has 0 atom stereocenters. The minimum atomic E-state index is -0.467. The molecule has 1 aromatic carbocycles. The zero-order valence-electron chi connectivity index (χ0n) is 14.2. The molecule has 0 spiro atoms. The summed E-state index contributed by atoms with van der Waals surface area (Å²) in [6, 6.07) is 4.27. The molecule has 3 rings (SSSR count). The van der Waals surface area contributed by atoms with E-state index in [4.69, 9.17) is 0 Å². The van der Waals surface area contributed by atoms with Gasteiger partial charge in [-0.2, -0.15) is 10.1 Å². The van der Waals surface area contributed by atoms with Crippen molar-refractivity contribution in [3.8, 4) is 0 Å². The van der Waals surface area contributed by atoms with Crippen molar-refractivity contribution in [2.24, 2.45) is 7.05 Å². The maximum Gasteiger partial charge on any atom is 0.272 e. The first-order chi connectivity index (χ1) is 12.0. The fraction of sp³-hybridized carbons (Fsp3) is 0.438. The third kappa shape index (κ3) is 3.66. The SMILES string of the molecule is Cc1cc(C(=O)Nc2nc(C3CCNCC3)nn2C)ccc1[N+](=O)[O-]. The number of hydrogen-bond acceptors (Lipinski definition) is 6. The number of nitrogens with zero attached hydrogens (tertiary/aromatic N) is 4. The predicted molar refractivity (Wildman–Crippen MR) is 91.6 cm³/mol. The second kappa shape index (κ2) is 6.98. The lowest BCUT2D eigenvalue weighted by atomic mass is 9.98. The van der Waals surface area contributed by atoms with E-state index in [1.54, 1.807) is 18.7 Å². The Bertz CT molecular complexity index is 810. The van der Waals surface area contributed by atoms with Crippen LogP contribution in [-0.4, -0.2) is 38.7 Å². The first-order valence-corrected chi connectivity index (χ1v) is 8.13. The van der Waals surface area contributed by atoms with Gasteiger partial charge in [0.25, 0.3) is 11.6 Å². The molecule has 1 fully saturated rings. The number of aryl methyl sites for hydroxylation is 2.